The molecule has 1 aromatic rings. The van der Waals surface area contributed by atoms with Crippen LogP contribution in [0.2, 0.25) is 0 Å². The third-order valence-corrected chi connectivity index (χ3v) is 4.09. The Hall–Kier alpha value is -1.22. The summed E-state index contributed by atoms with van der Waals surface area (Å²) in [5.41, 5.74) is 2.22. The monoisotopic (exact) mass is 219 g/mol. The van der Waals surface area contributed by atoms with Crippen LogP contribution in [0.15, 0.2) is 12.1 Å². The van der Waals surface area contributed by atoms with E-state index in [-0.39, 0.29) is 11.5 Å². The second-order valence-electron chi connectivity index (χ2n) is 5.13. The zero-order valence-corrected chi connectivity index (χ0v) is 9.48. The number of benzene rings is 1. The van der Waals surface area contributed by atoms with Gasteiger partial charge in [-0.25, -0.2) is 0 Å². The Labute approximate surface area is 95.3 Å². The molecule has 0 radical (unpaired) electrons. The van der Waals surface area contributed by atoms with Crippen molar-refractivity contribution in [3.05, 3.63) is 23.3 Å². The zero-order valence-electron chi connectivity index (χ0n) is 9.48. The van der Waals surface area contributed by atoms with Gasteiger partial charge in [-0.2, -0.15) is 0 Å². The Balaban J connectivity index is 2.07. The number of aromatic hydroxyl groups is 2. The summed E-state index contributed by atoms with van der Waals surface area (Å²) < 4.78 is 0. The van der Waals surface area contributed by atoms with Crippen molar-refractivity contribution in [1.82, 2.24) is 4.90 Å². The molecule has 0 aromatic heterocycles. The van der Waals surface area contributed by atoms with Gasteiger partial charge in [0.1, 0.15) is 0 Å². The Morgan fingerprint density at radius 2 is 2.06 bits per heavy atom. The van der Waals surface area contributed by atoms with Gasteiger partial charge in [0.15, 0.2) is 11.5 Å². The predicted molar refractivity (Wildman–Crippen MR) is 61.8 cm³/mol. The predicted octanol–water partition coefficient (Wildman–Crippen LogP) is 1.69. The van der Waals surface area contributed by atoms with Crippen LogP contribution >= 0.6 is 0 Å². The van der Waals surface area contributed by atoms with E-state index in [1.54, 1.807) is 6.07 Å². The number of phenols is 2. The normalized spacial score (nSPS) is 28.8. The van der Waals surface area contributed by atoms with Crippen molar-refractivity contribution >= 4 is 0 Å². The number of hydrogen-bond acceptors (Lipinski definition) is 3. The van der Waals surface area contributed by atoms with Crippen molar-refractivity contribution in [3.63, 3.8) is 0 Å². The van der Waals surface area contributed by atoms with Crippen LogP contribution in [0.25, 0.3) is 0 Å². The fourth-order valence-corrected chi connectivity index (χ4v) is 3.31. The maximum absolute atomic E-state index is 9.87. The number of hydrogen-bond donors (Lipinski definition) is 2. The molecule has 1 aromatic carbocycles. The van der Waals surface area contributed by atoms with Crippen molar-refractivity contribution in [3.8, 4) is 11.5 Å². The highest BCUT2D eigenvalue weighted by atomic mass is 16.3. The highest BCUT2D eigenvalue weighted by Crippen LogP contribution is 2.45. The van der Waals surface area contributed by atoms with Gasteiger partial charge in [-0.3, -0.25) is 0 Å². The Kier molecular flexibility index (Phi) is 2.11. The number of likely N-dealkylation sites (N-methyl/N-ethyl adjacent to an activating group) is 1. The first kappa shape index (κ1) is 9.97. The number of rotatable bonds is 0. The van der Waals surface area contributed by atoms with Crippen LogP contribution in [0.1, 0.15) is 23.5 Å². The molecule has 86 valence electrons. The van der Waals surface area contributed by atoms with E-state index in [9.17, 15) is 10.2 Å². The van der Waals surface area contributed by atoms with E-state index in [1.165, 1.54) is 5.56 Å². The first-order valence-corrected chi connectivity index (χ1v) is 5.89. The lowest BCUT2D eigenvalue weighted by Gasteiger charge is -2.28. The van der Waals surface area contributed by atoms with Gasteiger partial charge in [0.2, 0.25) is 0 Å². The standard InChI is InChI=1S/C13H17NO2/c1-14-6-8-2-3-10-9(11(8)7-14)4-5-12(15)13(10)16/h4-5,8,11,15-16H,2-3,6-7H2,1H3/t8-,11-/m0/s1. The van der Waals surface area contributed by atoms with E-state index in [0.717, 1.165) is 37.4 Å². The van der Waals surface area contributed by atoms with E-state index in [0.29, 0.717) is 5.92 Å². The summed E-state index contributed by atoms with van der Waals surface area (Å²) >= 11 is 0. The zero-order chi connectivity index (χ0) is 11.3. The van der Waals surface area contributed by atoms with Crippen molar-refractivity contribution in [2.45, 2.75) is 18.8 Å². The summed E-state index contributed by atoms with van der Waals surface area (Å²) in [6.07, 6.45) is 2.02. The van der Waals surface area contributed by atoms with Crippen molar-refractivity contribution in [2.75, 3.05) is 20.1 Å². The number of phenolic OH excluding ortho intramolecular Hbond substituents is 2. The molecule has 3 nitrogen and oxygen atoms in total. The molecular weight excluding hydrogens is 202 g/mol. The molecule has 0 saturated carbocycles. The minimum absolute atomic E-state index is 0.0172. The Bertz CT molecular complexity index is 430. The van der Waals surface area contributed by atoms with Gasteiger partial charge in [0.05, 0.1) is 0 Å². The van der Waals surface area contributed by atoms with Gasteiger partial charge >= 0.3 is 0 Å². The summed E-state index contributed by atoms with van der Waals surface area (Å²) in [5, 5.41) is 19.4. The van der Waals surface area contributed by atoms with Crippen LogP contribution in [0.4, 0.5) is 0 Å². The number of nitrogens with zero attached hydrogens (tertiary/aromatic N) is 1. The van der Waals surface area contributed by atoms with Crippen LogP contribution in [0.5, 0.6) is 11.5 Å². The highest BCUT2D eigenvalue weighted by molar-refractivity contribution is 5.51. The van der Waals surface area contributed by atoms with Crippen molar-refractivity contribution in [2.24, 2.45) is 5.92 Å². The first-order chi connectivity index (χ1) is 7.66. The summed E-state index contributed by atoms with van der Waals surface area (Å²) in [6.45, 7) is 2.23. The molecule has 3 rings (SSSR count). The topological polar surface area (TPSA) is 43.7 Å². The third kappa shape index (κ3) is 1.31. The minimum Gasteiger partial charge on any atom is -0.504 e. The molecule has 0 spiro atoms. The lowest BCUT2D eigenvalue weighted by Crippen LogP contribution is -2.18. The Morgan fingerprint density at radius 1 is 1.25 bits per heavy atom. The molecule has 3 heteroatoms. The maximum Gasteiger partial charge on any atom is 0.160 e. The first-order valence-electron chi connectivity index (χ1n) is 5.89. The van der Waals surface area contributed by atoms with Crippen LogP contribution in [-0.2, 0) is 6.42 Å². The van der Waals surface area contributed by atoms with Gasteiger partial charge < -0.3 is 15.1 Å². The highest BCUT2D eigenvalue weighted by Gasteiger charge is 2.37. The molecule has 1 aliphatic carbocycles. The fourth-order valence-electron chi connectivity index (χ4n) is 3.31. The number of fused-ring (bicyclic) bond motifs is 3. The largest absolute Gasteiger partial charge is 0.504 e. The maximum atomic E-state index is 9.87. The van der Waals surface area contributed by atoms with Gasteiger partial charge in [-0.1, -0.05) is 6.07 Å². The van der Waals surface area contributed by atoms with Gasteiger partial charge in [0, 0.05) is 24.6 Å². The Morgan fingerprint density at radius 3 is 2.88 bits per heavy atom. The summed E-state index contributed by atoms with van der Waals surface area (Å²) in [4.78, 5) is 2.36. The molecule has 0 unspecified atom stereocenters. The second kappa shape index (κ2) is 3.39. The van der Waals surface area contributed by atoms with E-state index >= 15 is 0 Å². The van der Waals surface area contributed by atoms with Crippen LogP contribution < -0.4 is 0 Å². The lowest BCUT2D eigenvalue weighted by atomic mass is 9.77. The summed E-state index contributed by atoms with van der Waals surface area (Å²) in [7, 11) is 2.15. The average molecular weight is 219 g/mol. The molecule has 0 amide bonds. The third-order valence-electron chi connectivity index (χ3n) is 4.09. The van der Waals surface area contributed by atoms with Crippen molar-refractivity contribution in [1.29, 1.82) is 0 Å². The second-order valence-corrected chi connectivity index (χ2v) is 5.13. The van der Waals surface area contributed by atoms with Crippen LogP contribution in [0.3, 0.4) is 0 Å². The van der Waals surface area contributed by atoms with Crippen molar-refractivity contribution < 1.29 is 10.2 Å². The molecule has 16 heavy (non-hydrogen) atoms. The number of likely N-dealkylation sites (tertiary alicyclic amines) is 1. The average Bonchev–Trinajstić information content (AvgIpc) is 2.63. The summed E-state index contributed by atoms with van der Waals surface area (Å²) in [5.74, 6) is 1.38. The molecule has 1 fully saturated rings. The molecule has 1 aliphatic heterocycles. The van der Waals surface area contributed by atoms with Gasteiger partial charge in [-0.05, 0) is 37.4 Å². The quantitative estimate of drug-likeness (QED) is 0.653. The van der Waals surface area contributed by atoms with E-state index in [1.807, 2.05) is 6.07 Å². The minimum atomic E-state index is 0.0172. The van der Waals surface area contributed by atoms with E-state index < -0.39 is 0 Å². The lowest BCUT2D eigenvalue weighted by molar-refractivity contribution is 0.375. The van der Waals surface area contributed by atoms with Crippen LogP contribution in [0, 0.1) is 5.92 Å². The molecule has 2 atom stereocenters. The molecule has 1 saturated heterocycles. The molecule has 2 aliphatic rings. The molecule has 0 bridgehead atoms. The smallest absolute Gasteiger partial charge is 0.160 e. The van der Waals surface area contributed by atoms with E-state index in [4.69, 9.17) is 0 Å². The molecular formula is C13H17NO2. The van der Waals surface area contributed by atoms with Gasteiger partial charge in [0.25, 0.3) is 0 Å². The SMILES string of the molecule is CN1C[C@@H]2CCc3c(ccc(O)c3O)[C@H]2C1. The molecule has 2 N–H and O–H groups in total. The fraction of sp³-hybridized carbons (Fsp3) is 0.538. The summed E-state index contributed by atoms with van der Waals surface area (Å²) in [6, 6.07) is 3.61. The molecule has 1 heterocycles. The van der Waals surface area contributed by atoms with Gasteiger partial charge in [-0.15, -0.1) is 0 Å². The van der Waals surface area contributed by atoms with Crippen LogP contribution in [-0.4, -0.2) is 35.3 Å². The van der Waals surface area contributed by atoms with E-state index in [2.05, 4.69) is 11.9 Å².